The molecule has 0 saturated carbocycles. The zero-order valence-corrected chi connectivity index (χ0v) is 51.2. The maximum atomic E-state index is 12.3. The minimum Gasteiger partial charge on any atom is -0.468 e. The second-order valence-electron chi connectivity index (χ2n) is 22.4. The largest absolute Gasteiger partial charge is 0.468 e. The van der Waals surface area contributed by atoms with Crippen LogP contribution in [0.15, 0.2) is 0 Å². The molecule has 1 rings (SSSR count). The van der Waals surface area contributed by atoms with Gasteiger partial charge in [0.25, 0.3) is 6.47 Å². The summed E-state index contributed by atoms with van der Waals surface area (Å²) in [4.78, 5) is 47.6. The molecule has 2 unspecified atom stereocenters. The number of ketones is 1. The van der Waals surface area contributed by atoms with Gasteiger partial charge in [-0.2, -0.15) is 0 Å². The third-order valence-electron chi connectivity index (χ3n) is 13.7. The molecule has 432 valence electrons. The molecule has 1 saturated heterocycles. The fraction of sp³-hybridized carbons (Fsp3) is 0.938. The number of Topliss-reactive ketones (excluding diaryl/α,β-unsaturated/α-hetero) is 1. The molecule has 8 nitrogen and oxygen atoms in total. The van der Waals surface area contributed by atoms with Crippen LogP contribution >= 0.6 is 0 Å². The Bertz CT molecular complexity index is 1110. The highest BCUT2D eigenvalue weighted by atomic mass is 16.5. The molecule has 8 heteroatoms. The number of likely N-dealkylation sites (tertiary alicyclic amines) is 1. The van der Waals surface area contributed by atoms with E-state index in [0.717, 1.165) is 109 Å². The highest BCUT2D eigenvalue weighted by molar-refractivity contribution is 5.76. The van der Waals surface area contributed by atoms with E-state index in [1.165, 1.54) is 148 Å². The first kappa shape index (κ1) is 76.5. The van der Waals surface area contributed by atoms with Crippen molar-refractivity contribution in [2.24, 2.45) is 17.3 Å². The zero-order chi connectivity index (χ0) is 54.9. The minimum absolute atomic E-state index is 0.0127. The van der Waals surface area contributed by atoms with Crippen molar-refractivity contribution in [3.63, 3.8) is 0 Å². The number of nitrogens with zero attached hydrogens (tertiary/aromatic N) is 1. The van der Waals surface area contributed by atoms with Gasteiger partial charge in [-0.1, -0.05) is 237 Å². The first-order valence-corrected chi connectivity index (χ1v) is 31.3. The van der Waals surface area contributed by atoms with Crippen LogP contribution in [0.2, 0.25) is 0 Å². The molecule has 1 aliphatic heterocycles. The summed E-state index contributed by atoms with van der Waals surface area (Å²) in [7, 11) is 0. The number of carbonyl (C=O) groups is 4. The third kappa shape index (κ3) is 60.6. The van der Waals surface area contributed by atoms with Crippen LogP contribution < -0.4 is 0 Å². The summed E-state index contributed by atoms with van der Waals surface area (Å²) in [6, 6.07) is 0. The van der Waals surface area contributed by atoms with E-state index in [2.05, 4.69) is 65.0 Å². The van der Waals surface area contributed by atoms with Crippen molar-refractivity contribution in [2.75, 3.05) is 26.2 Å². The molecule has 1 aliphatic rings. The summed E-state index contributed by atoms with van der Waals surface area (Å²) in [5, 5.41) is 0. The van der Waals surface area contributed by atoms with Gasteiger partial charge in [0.2, 0.25) is 0 Å². The van der Waals surface area contributed by atoms with Crippen LogP contribution in [0.5, 0.6) is 0 Å². The smallest absolute Gasteiger partial charge is 0.311 e. The Balaban J connectivity index is -0.000000478. The maximum absolute atomic E-state index is 12.3. The summed E-state index contributed by atoms with van der Waals surface area (Å²) >= 11 is 0. The van der Waals surface area contributed by atoms with Crippen LogP contribution in [-0.2, 0) is 33.4 Å². The predicted octanol–water partition coefficient (Wildman–Crippen LogP) is 19.7. The van der Waals surface area contributed by atoms with Crippen molar-refractivity contribution >= 4 is 24.2 Å². The second-order valence-corrected chi connectivity index (χ2v) is 22.4. The molecule has 0 bridgehead atoms. The van der Waals surface area contributed by atoms with E-state index >= 15 is 0 Å². The molecule has 0 amide bonds. The SMILES string of the molecule is CC.CC(C)C.CCC(C)(C)C(=O)OC1CCN(CCCCCC(C)=O)C1.CCCCCCCCC(CCCCCCCC)OC(=O)CCCCCCCOC=O.CCCCCCCCCCCC(C)CC. The van der Waals surface area contributed by atoms with Crippen molar-refractivity contribution in [3.05, 3.63) is 0 Å². The topological polar surface area (TPSA) is 99.2 Å². The van der Waals surface area contributed by atoms with Crippen molar-refractivity contribution in [3.8, 4) is 0 Å². The summed E-state index contributed by atoms with van der Waals surface area (Å²) in [5.41, 5.74) is -0.375. The number of hydrogen-bond donors (Lipinski definition) is 0. The van der Waals surface area contributed by atoms with Gasteiger partial charge in [0.05, 0.1) is 12.0 Å². The molecule has 0 aromatic heterocycles. The van der Waals surface area contributed by atoms with Crippen LogP contribution in [0.4, 0.5) is 0 Å². The lowest BCUT2D eigenvalue weighted by Gasteiger charge is -2.23. The molecule has 0 aliphatic carbocycles. The standard InChI is InChI=1S/C26H50O4.C17H31NO3.C15H32.C4H10.C2H6/c1-3-5-7-9-12-16-20-25(21-17-13-10-8-6-4-2)30-26(28)22-18-14-11-15-19-23-29-24-27;1-5-17(3,4)16(20)21-15-10-12-18(13-15)11-8-6-7-9-14(2)19;1-4-6-7-8-9-10-11-12-13-14-15(3)5-2;1-4(2)3;1-2/h24-25H,3-23H2,1-2H3;15H,5-13H2,1-4H3;15H,4-14H2,1-3H3;4H,1-3H3;1-2H3. The van der Waals surface area contributed by atoms with Crippen molar-refractivity contribution < 1.29 is 33.4 Å². The van der Waals surface area contributed by atoms with Crippen LogP contribution in [0.1, 0.15) is 335 Å². The van der Waals surface area contributed by atoms with E-state index in [1.807, 2.05) is 34.6 Å². The zero-order valence-electron chi connectivity index (χ0n) is 51.2. The lowest BCUT2D eigenvalue weighted by atomic mass is 9.90. The fourth-order valence-corrected chi connectivity index (χ4v) is 8.29. The monoisotopic (exact) mass is 1020 g/mol. The van der Waals surface area contributed by atoms with Gasteiger partial charge in [0.1, 0.15) is 18.0 Å². The summed E-state index contributed by atoms with van der Waals surface area (Å²) in [5.74, 6) is 1.98. The number of unbranched alkanes of at least 4 members (excludes halogenated alkanes) is 24. The van der Waals surface area contributed by atoms with Crippen molar-refractivity contribution in [2.45, 2.75) is 347 Å². The fourth-order valence-electron chi connectivity index (χ4n) is 8.29. The van der Waals surface area contributed by atoms with Gasteiger partial charge >= 0.3 is 11.9 Å². The number of hydrogen-bond acceptors (Lipinski definition) is 8. The normalized spacial score (nSPS) is 13.6. The van der Waals surface area contributed by atoms with Gasteiger partial charge in [-0.25, -0.2) is 0 Å². The molecular formula is C64H129NO7. The first-order valence-electron chi connectivity index (χ1n) is 31.3. The molecule has 0 N–H and O–H groups in total. The van der Waals surface area contributed by atoms with Gasteiger partial charge in [-0.05, 0) is 103 Å². The lowest BCUT2D eigenvalue weighted by molar-refractivity contribution is -0.159. The second kappa shape index (κ2) is 59.9. The van der Waals surface area contributed by atoms with Gasteiger partial charge in [-0.3, -0.25) is 19.3 Å². The summed E-state index contributed by atoms with van der Waals surface area (Å²) in [6.45, 7) is 33.4. The number of esters is 2. The Labute approximate surface area is 450 Å². The molecule has 1 fully saturated rings. The van der Waals surface area contributed by atoms with E-state index in [0.29, 0.717) is 25.9 Å². The Morgan fingerprint density at radius 2 is 1.00 bits per heavy atom. The van der Waals surface area contributed by atoms with Gasteiger partial charge in [-0.15, -0.1) is 0 Å². The van der Waals surface area contributed by atoms with E-state index in [-0.39, 0.29) is 35.3 Å². The van der Waals surface area contributed by atoms with Crippen LogP contribution in [0, 0.1) is 17.3 Å². The van der Waals surface area contributed by atoms with Crippen LogP contribution in [-0.4, -0.2) is 67.5 Å². The minimum atomic E-state index is -0.375. The molecule has 0 aromatic carbocycles. The molecule has 0 radical (unpaired) electrons. The maximum Gasteiger partial charge on any atom is 0.311 e. The quantitative estimate of drug-likeness (QED) is 0.0258. The first-order chi connectivity index (χ1) is 34.6. The lowest BCUT2D eigenvalue weighted by Crippen LogP contribution is -2.32. The predicted molar refractivity (Wildman–Crippen MR) is 313 cm³/mol. The molecule has 0 aromatic rings. The molecule has 2 atom stereocenters. The Morgan fingerprint density at radius 1 is 0.583 bits per heavy atom. The third-order valence-corrected chi connectivity index (χ3v) is 13.7. The van der Waals surface area contributed by atoms with Gasteiger partial charge in [0, 0.05) is 25.9 Å². The Kier molecular flexibility index (Phi) is 63.7. The van der Waals surface area contributed by atoms with Crippen molar-refractivity contribution in [1.29, 1.82) is 0 Å². The average Bonchev–Trinajstić information content (AvgIpc) is 3.81. The number of ether oxygens (including phenoxy) is 3. The molecule has 72 heavy (non-hydrogen) atoms. The number of carbonyl (C=O) groups excluding carboxylic acids is 4. The molecule has 1 heterocycles. The van der Waals surface area contributed by atoms with Crippen LogP contribution in [0.3, 0.4) is 0 Å². The van der Waals surface area contributed by atoms with Crippen LogP contribution in [0.25, 0.3) is 0 Å². The summed E-state index contributed by atoms with van der Waals surface area (Å²) < 4.78 is 16.2. The van der Waals surface area contributed by atoms with E-state index < -0.39 is 0 Å². The highest BCUT2D eigenvalue weighted by Gasteiger charge is 2.32. The number of rotatable bonds is 44. The Morgan fingerprint density at radius 3 is 1.44 bits per heavy atom. The molecular weight excluding hydrogens is 895 g/mol. The van der Waals surface area contributed by atoms with E-state index in [4.69, 9.17) is 9.47 Å². The van der Waals surface area contributed by atoms with Gasteiger partial charge in [0.15, 0.2) is 0 Å². The van der Waals surface area contributed by atoms with Crippen molar-refractivity contribution in [1.82, 2.24) is 4.90 Å². The highest BCUT2D eigenvalue weighted by Crippen LogP contribution is 2.25. The van der Waals surface area contributed by atoms with E-state index in [1.54, 1.807) is 6.92 Å². The van der Waals surface area contributed by atoms with E-state index in [9.17, 15) is 19.2 Å². The van der Waals surface area contributed by atoms with Gasteiger partial charge < -0.3 is 19.0 Å². The molecule has 0 spiro atoms. The Hall–Kier alpha value is -1.96. The summed E-state index contributed by atoms with van der Waals surface area (Å²) in [6.07, 6.45) is 44.7. The average molecular weight is 1020 g/mol.